The Morgan fingerprint density at radius 3 is 2.83 bits per heavy atom. The molecule has 4 nitrogen and oxygen atoms in total. The second kappa shape index (κ2) is 5.42. The van der Waals surface area contributed by atoms with Crippen molar-refractivity contribution in [1.82, 2.24) is 5.16 Å². The van der Waals surface area contributed by atoms with E-state index in [-0.39, 0.29) is 0 Å². The number of aryl methyl sites for hydroxylation is 1. The second-order valence-electron chi connectivity index (χ2n) is 4.02. The van der Waals surface area contributed by atoms with Gasteiger partial charge in [-0.15, -0.1) is 0 Å². The quantitative estimate of drug-likeness (QED) is 0.924. The molecule has 0 spiro atoms. The van der Waals surface area contributed by atoms with Crippen molar-refractivity contribution >= 4 is 11.6 Å². The molecule has 0 radical (unpaired) electrons. The van der Waals surface area contributed by atoms with Gasteiger partial charge in [0.1, 0.15) is 5.75 Å². The molecule has 0 aliphatic rings. The van der Waals surface area contributed by atoms with Crippen molar-refractivity contribution in [3.63, 3.8) is 0 Å². The lowest BCUT2D eigenvalue weighted by molar-refractivity contribution is 0.401. The van der Waals surface area contributed by atoms with Crippen LogP contribution < -0.4 is 10.5 Å². The van der Waals surface area contributed by atoms with Crippen molar-refractivity contribution in [2.75, 3.05) is 13.7 Å². The van der Waals surface area contributed by atoms with Crippen molar-refractivity contribution in [2.45, 2.75) is 13.3 Å². The Kier molecular flexibility index (Phi) is 3.89. The molecule has 2 rings (SSSR count). The van der Waals surface area contributed by atoms with Crippen LogP contribution in [-0.2, 0) is 6.42 Å². The van der Waals surface area contributed by atoms with Crippen LogP contribution in [0, 0.1) is 6.92 Å². The monoisotopic (exact) mass is 266 g/mol. The predicted molar refractivity (Wildman–Crippen MR) is 71.0 cm³/mol. The summed E-state index contributed by atoms with van der Waals surface area (Å²) >= 11 is 6.06. The minimum atomic E-state index is 0.539. The molecule has 0 bridgehead atoms. The van der Waals surface area contributed by atoms with Crippen LogP contribution in [0.25, 0.3) is 11.3 Å². The molecular weight excluding hydrogens is 252 g/mol. The number of rotatable bonds is 4. The number of hydrogen-bond donors (Lipinski definition) is 1. The zero-order valence-corrected chi connectivity index (χ0v) is 11.1. The highest BCUT2D eigenvalue weighted by atomic mass is 35.5. The van der Waals surface area contributed by atoms with Crippen molar-refractivity contribution in [2.24, 2.45) is 5.73 Å². The van der Waals surface area contributed by atoms with Gasteiger partial charge in [0.15, 0.2) is 5.76 Å². The summed E-state index contributed by atoms with van der Waals surface area (Å²) in [5.41, 5.74) is 8.07. The lowest BCUT2D eigenvalue weighted by Gasteiger charge is -2.09. The summed E-state index contributed by atoms with van der Waals surface area (Å²) in [5.74, 6) is 1.38. The molecule has 0 unspecified atom stereocenters. The van der Waals surface area contributed by atoms with E-state index in [0.29, 0.717) is 23.7 Å². The minimum Gasteiger partial charge on any atom is -0.496 e. The fourth-order valence-electron chi connectivity index (χ4n) is 1.89. The highest BCUT2D eigenvalue weighted by Gasteiger charge is 2.14. The summed E-state index contributed by atoms with van der Waals surface area (Å²) in [6.07, 6.45) is 0.686. The maximum Gasteiger partial charge on any atom is 0.170 e. The van der Waals surface area contributed by atoms with E-state index in [9.17, 15) is 0 Å². The third-order valence-corrected chi connectivity index (χ3v) is 2.89. The molecule has 0 aliphatic carbocycles. The van der Waals surface area contributed by atoms with Gasteiger partial charge in [-0.2, -0.15) is 0 Å². The van der Waals surface area contributed by atoms with Crippen LogP contribution in [-0.4, -0.2) is 18.8 Å². The summed E-state index contributed by atoms with van der Waals surface area (Å²) in [6, 6.07) is 5.52. The molecule has 0 amide bonds. The van der Waals surface area contributed by atoms with Gasteiger partial charge in [-0.1, -0.05) is 16.8 Å². The number of methoxy groups -OCH3 is 1. The van der Waals surface area contributed by atoms with E-state index in [4.69, 9.17) is 26.6 Å². The van der Waals surface area contributed by atoms with Gasteiger partial charge in [0, 0.05) is 17.5 Å². The Morgan fingerprint density at radius 1 is 1.39 bits per heavy atom. The highest BCUT2D eigenvalue weighted by molar-refractivity contribution is 6.31. The molecule has 2 aromatic rings. The Bertz CT molecular complexity index is 552. The molecular formula is C13H15ClN2O2. The minimum absolute atomic E-state index is 0.539. The number of aromatic nitrogens is 1. The van der Waals surface area contributed by atoms with Crippen LogP contribution in [0.1, 0.15) is 11.3 Å². The third kappa shape index (κ3) is 2.49. The van der Waals surface area contributed by atoms with Crippen molar-refractivity contribution in [3.8, 4) is 17.1 Å². The van der Waals surface area contributed by atoms with E-state index in [2.05, 4.69) is 5.16 Å². The molecule has 2 N–H and O–H groups in total. The van der Waals surface area contributed by atoms with E-state index in [1.807, 2.05) is 19.1 Å². The van der Waals surface area contributed by atoms with Crippen molar-refractivity contribution in [3.05, 3.63) is 34.5 Å². The lowest BCUT2D eigenvalue weighted by Crippen LogP contribution is -2.02. The van der Waals surface area contributed by atoms with Crippen LogP contribution in [0.4, 0.5) is 0 Å². The molecule has 5 heteroatoms. The fourth-order valence-corrected chi connectivity index (χ4v) is 2.16. The van der Waals surface area contributed by atoms with Gasteiger partial charge >= 0.3 is 0 Å². The topological polar surface area (TPSA) is 61.3 Å². The lowest BCUT2D eigenvalue weighted by atomic mass is 10.1. The molecule has 0 fully saturated rings. The largest absolute Gasteiger partial charge is 0.496 e. The SMILES string of the molecule is COc1c(C)cc(Cl)cc1-c1cc(CCN)no1. The number of ether oxygens (including phenoxy) is 1. The Morgan fingerprint density at radius 2 is 2.17 bits per heavy atom. The average Bonchev–Trinajstić information content (AvgIpc) is 2.77. The predicted octanol–water partition coefficient (Wildman–Crippen LogP) is 2.81. The number of halogens is 1. The summed E-state index contributed by atoms with van der Waals surface area (Å²) in [4.78, 5) is 0. The van der Waals surface area contributed by atoms with E-state index >= 15 is 0 Å². The molecule has 0 saturated heterocycles. The Balaban J connectivity index is 2.48. The van der Waals surface area contributed by atoms with E-state index in [0.717, 1.165) is 22.6 Å². The van der Waals surface area contributed by atoms with Crippen molar-refractivity contribution < 1.29 is 9.26 Å². The van der Waals surface area contributed by atoms with Crippen LogP contribution in [0.2, 0.25) is 5.02 Å². The summed E-state index contributed by atoms with van der Waals surface area (Å²) < 4.78 is 10.7. The van der Waals surface area contributed by atoms with Crippen LogP contribution in [0.5, 0.6) is 5.75 Å². The van der Waals surface area contributed by atoms with Crippen molar-refractivity contribution in [1.29, 1.82) is 0 Å². The van der Waals surface area contributed by atoms with Crippen LogP contribution in [0.15, 0.2) is 22.7 Å². The van der Waals surface area contributed by atoms with Gasteiger partial charge in [0.2, 0.25) is 0 Å². The molecule has 0 aliphatic heterocycles. The van der Waals surface area contributed by atoms with Gasteiger partial charge in [-0.25, -0.2) is 0 Å². The molecule has 1 heterocycles. The number of hydrogen-bond acceptors (Lipinski definition) is 4. The first kappa shape index (κ1) is 12.9. The van der Waals surface area contributed by atoms with Gasteiger partial charge in [-0.3, -0.25) is 0 Å². The first-order valence-electron chi connectivity index (χ1n) is 5.66. The Labute approximate surface area is 111 Å². The molecule has 1 aromatic heterocycles. The zero-order chi connectivity index (χ0) is 13.1. The Hall–Kier alpha value is -1.52. The number of nitrogens with zero attached hydrogens (tertiary/aromatic N) is 1. The van der Waals surface area contributed by atoms with Gasteiger partial charge < -0.3 is 15.0 Å². The summed E-state index contributed by atoms with van der Waals surface area (Å²) in [6.45, 7) is 2.48. The van der Waals surface area contributed by atoms with Crippen LogP contribution >= 0.6 is 11.6 Å². The van der Waals surface area contributed by atoms with Gasteiger partial charge in [0.25, 0.3) is 0 Å². The summed E-state index contributed by atoms with van der Waals surface area (Å²) in [5, 5.41) is 4.60. The molecule has 96 valence electrons. The van der Waals surface area contributed by atoms with Gasteiger partial charge in [-0.05, 0) is 31.2 Å². The first-order valence-corrected chi connectivity index (χ1v) is 6.03. The van der Waals surface area contributed by atoms with Crippen LogP contribution in [0.3, 0.4) is 0 Å². The maximum atomic E-state index is 6.06. The van der Waals surface area contributed by atoms with E-state index in [1.165, 1.54) is 0 Å². The first-order chi connectivity index (χ1) is 8.65. The van der Waals surface area contributed by atoms with Gasteiger partial charge in [0.05, 0.1) is 18.4 Å². The smallest absolute Gasteiger partial charge is 0.170 e. The van der Waals surface area contributed by atoms with E-state index in [1.54, 1.807) is 13.2 Å². The highest BCUT2D eigenvalue weighted by Crippen LogP contribution is 2.35. The standard InChI is InChI=1S/C13H15ClN2O2/c1-8-5-9(14)6-11(13(8)17-2)12-7-10(3-4-15)16-18-12/h5-7H,3-4,15H2,1-2H3. The number of nitrogens with two attached hydrogens (primary N) is 1. The molecule has 1 aromatic carbocycles. The normalized spacial score (nSPS) is 10.7. The number of benzene rings is 1. The third-order valence-electron chi connectivity index (χ3n) is 2.67. The molecule has 0 atom stereocenters. The van der Waals surface area contributed by atoms with E-state index < -0.39 is 0 Å². The maximum absolute atomic E-state index is 6.06. The molecule has 0 saturated carbocycles. The fraction of sp³-hybridized carbons (Fsp3) is 0.308. The summed E-state index contributed by atoms with van der Waals surface area (Å²) in [7, 11) is 1.62. The molecule has 18 heavy (non-hydrogen) atoms. The average molecular weight is 267 g/mol. The second-order valence-corrected chi connectivity index (χ2v) is 4.46. The zero-order valence-electron chi connectivity index (χ0n) is 10.4.